The Balaban J connectivity index is 2.26. The number of hydrogen-bond donors (Lipinski definition) is 1. The SMILES string of the molecule is CC(C)CNCc1cnn(CCOC(C)(C)C)c1. The quantitative estimate of drug-likeness (QED) is 0.811. The highest BCUT2D eigenvalue weighted by atomic mass is 16.5. The van der Waals surface area contributed by atoms with Gasteiger partial charge in [0.1, 0.15) is 0 Å². The van der Waals surface area contributed by atoms with Crippen molar-refractivity contribution in [2.75, 3.05) is 13.2 Å². The largest absolute Gasteiger partial charge is 0.374 e. The summed E-state index contributed by atoms with van der Waals surface area (Å²) in [6, 6.07) is 0. The fourth-order valence-electron chi connectivity index (χ4n) is 1.57. The number of hydrogen-bond acceptors (Lipinski definition) is 3. The first-order valence-corrected chi connectivity index (χ1v) is 6.73. The van der Waals surface area contributed by atoms with Crippen molar-refractivity contribution in [1.82, 2.24) is 15.1 Å². The molecule has 1 rings (SSSR count). The summed E-state index contributed by atoms with van der Waals surface area (Å²) in [5.74, 6) is 0.681. The molecule has 0 spiro atoms. The zero-order valence-corrected chi connectivity index (χ0v) is 12.4. The van der Waals surface area contributed by atoms with E-state index < -0.39 is 0 Å². The average molecular weight is 253 g/mol. The summed E-state index contributed by atoms with van der Waals surface area (Å²) in [6.45, 7) is 14.1. The van der Waals surface area contributed by atoms with E-state index in [-0.39, 0.29) is 5.60 Å². The molecule has 1 aromatic heterocycles. The van der Waals surface area contributed by atoms with E-state index in [1.807, 2.05) is 10.9 Å². The van der Waals surface area contributed by atoms with Crippen molar-refractivity contribution < 1.29 is 4.74 Å². The van der Waals surface area contributed by atoms with Crippen molar-refractivity contribution in [3.63, 3.8) is 0 Å². The van der Waals surface area contributed by atoms with E-state index in [2.05, 4.69) is 51.2 Å². The molecule has 0 fully saturated rings. The molecule has 0 radical (unpaired) electrons. The number of nitrogens with zero attached hydrogens (tertiary/aromatic N) is 2. The van der Waals surface area contributed by atoms with Crippen molar-refractivity contribution in [3.05, 3.63) is 18.0 Å². The van der Waals surface area contributed by atoms with Crippen LogP contribution in [0.2, 0.25) is 0 Å². The molecule has 0 bridgehead atoms. The molecule has 4 heteroatoms. The normalized spacial score (nSPS) is 12.3. The van der Waals surface area contributed by atoms with E-state index in [1.54, 1.807) is 0 Å². The van der Waals surface area contributed by atoms with Gasteiger partial charge >= 0.3 is 0 Å². The van der Waals surface area contributed by atoms with Crippen LogP contribution in [0.1, 0.15) is 40.2 Å². The van der Waals surface area contributed by atoms with Gasteiger partial charge < -0.3 is 10.1 Å². The highest BCUT2D eigenvalue weighted by molar-refractivity contribution is 5.03. The van der Waals surface area contributed by atoms with E-state index >= 15 is 0 Å². The lowest BCUT2D eigenvalue weighted by Crippen LogP contribution is -2.22. The van der Waals surface area contributed by atoms with Gasteiger partial charge in [0.25, 0.3) is 0 Å². The third-order valence-corrected chi connectivity index (χ3v) is 2.42. The number of ether oxygens (including phenoxy) is 1. The Morgan fingerprint density at radius 3 is 2.72 bits per heavy atom. The van der Waals surface area contributed by atoms with Gasteiger partial charge in [0.05, 0.1) is 24.9 Å². The van der Waals surface area contributed by atoms with Crippen LogP contribution in [-0.2, 0) is 17.8 Å². The fourth-order valence-corrected chi connectivity index (χ4v) is 1.57. The molecule has 1 heterocycles. The molecule has 0 saturated carbocycles. The van der Waals surface area contributed by atoms with Crippen LogP contribution in [0.25, 0.3) is 0 Å². The number of rotatable bonds is 7. The van der Waals surface area contributed by atoms with Crippen molar-refractivity contribution in [2.24, 2.45) is 5.92 Å². The fraction of sp³-hybridized carbons (Fsp3) is 0.786. The Bertz CT molecular complexity index is 339. The second-order valence-electron chi connectivity index (χ2n) is 6.10. The van der Waals surface area contributed by atoms with Gasteiger partial charge in [0.15, 0.2) is 0 Å². The van der Waals surface area contributed by atoms with Crippen LogP contribution in [0.4, 0.5) is 0 Å². The summed E-state index contributed by atoms with van der Waals surface area (Å²) < 4.78 is 7.62. The minimum Gasteiger partial charge on any atom is -0.374 e. The molecular weight excluding hydrogens is 226 g/mol. The smallest absolute Gasteiger partial charge is 0.0669 e. The molecule has 0 amide bonds. The minimum absolute atomic E-state index is 0.0746. The van der Waals surface area contributed by atoms with Gasteiger partial charge in [-0.1, -0.05) is 13.8 Å². The molecule has 0 aliphatic carbocycles. The van der Waals surface area contributed by atoms with E-state index in [0.717, 1.165) is 19.6 Å². The van der Waals surface area contributed by atoms with Gasteiger partial charge in [-0.3, -0.25) is 4.68 Å². The molecule has 0 atom stereocenters. The Morgan fingerprint density at radius 2 is 2.11 bits per heavy atom. The Labute approximate surface area is 111 Å². The van der Waals surface area contributed by atoms with E-state index in [0.29, 0.717) is 12.5 Å². The third kappa shape index (κ3) is 6.77. The molecule has 1 N–H and O–H groups in total. The first-order chi connectivity index (χ1) is 8.37. The first-order valence-electron chi connectivity index (χ1n) is 6.73. The maximum atomic E-state index is 5.68. The summed E-state index contributed by atoms with van der Waals surface area (Å²) >= 11 is 0. The molecule has 0 aliphatic heterocycles. The Hall–Kier alpha value is -0.870. The second-order valence-corrected chi connectivity index (χ2v) is 6.10. The van der Waals surface area contributed by atoms with E-state index in [1.165, 1.54) is 5.56 Å². The zero-order valence-electron chi connectivity index (χ0n) is 12.4. The van der Waals surface area contributed by atoms with E-state index in [4.69, 9.17) is 4.74 Å². The van der Waals surface area contributed by atoms with Crippen molar-refractivity contribution in [2.45, 2.75) is 53.3 Å². The third-order valence-electron chi connectivity index (χ3n) is 2.42. The van der Waals surface area contributed by atoms with Crippen LogP contribution in [-0.4, -0.2) is 28.5 Å². The average Bonchev–Trinajstić information content (AvgIpc) is 2.63. The van der Waals surface area contributed by atoms with Gasteiger partial charge in [0.2, 0.25) is 0 Å². The lowest BCUT2D eigenvalue weighted by Gasteiger charge is -2.19. The monoisotopic (exact) mass is 253 g/mol. The highest BCUT2D eigenvalue weighted by Gasteiger charge is 2.09. The van der Waals surface area contributed by atoms with Crippen molar-refractivity contribution >= 4 is 0 Å². The predicted octanol–water partition coefficient (Wildman–Crippen LogP) is 2.44. The molecular formula is C14H27N3O. The van der Waals surface area contributed by atoms with Crippen LogP contribution >= 0.6 is 0 Å². The van der Waals surface area contributed by atoms with Gasteiger partial charge in [-0.15, -0.1) is 0 Å². The molecule has 1 aromatic rings. The molecule has 0 aromatic carbocycles. The molecule has 0 saturated heterocycles. The molecule has 4 nitrogen and oxygen atoms in total. The maximum Gasteiger partial charge on any atom is 0.0669 e. The van der Waals surface area contributed by atoms with Crippen LogP contribution in [0.3, 0.4) is 0 Å². The van der Waals surface area contributed by atoms with Gasteiger partial charge in [0, 0.05) is 18.3 Å². The summed E-state index contributed by atoms with van der Waals surface area (Å²) in [7, 11) is 0. The summed E-state index contributed by atoms with van der Waals surface area (Å²) in [6.07, 6.45) is 4.00. The standard InChI is InChI=1S/C14H27N3O/c1-12(2)8-15-9-13-10-16-17(11-13)6-7-18-14(3,4)5/h10-12,15H,6-9H2,1-5H3. The van der Waals surface area contributed by atoms with Gasteiger partial charge in [-0.25, -0.2) is 0 Å². The minimum atomic E-state index is -0.0746. The van der Waals surface area contributed by atoms with Crippen LogP contribution in [0, 0.1) is 5.92 Å². The van der Waals surface area contributed by atoms with Crippen LogP contribution in [0.5, 0.6) is 0 Å². The molecule has 0 aliphatic rings. The summed E-state index contributed by atoms with van der Waals surface area (Å²) in [5, 5.41) is 7.74. The highest BCUT2D eigenvalue weighted by Crippen LogP contribution is 2.06. The van der Waals surface area contributed by atoms with Gasteiger partial charge in [-0.2, -0.15) is 5.10 Å². The van der Waals surface area contributed by atoms with Gasteiger partial charge in [-0.05, 0) is 33.2 Å². The number of nitrogens with one attached hydrogen (secondary N) is 1. The lowest BCUT2D eigenvalue weighted by atomic mass is 10.2. The first kappa shape index (κ1) is 15.2. The Kier molecular flexibility index (Phi) is 5.82. The maximum absolute atomic E-state index is 5.68. The topological polar surface area (TPSA) is 39.1 Å². The molecule has 104 valence electrons. The zero-order chi connectivity index (χ0) is 13.6. The lowest BCUT2D eigenvalue weighted by molar-refractivity contribution is -0.00790. The second kappa shape index (κ2) is 6.90. The van der Waals surface area contributed by atoms with Crippen molar-refractivity contribution in [3.8, 4) is 0 Å². The van der Waals surface area contributed by atoms with Crippen molar-refractivity contribution in [1.29, 1.82) is 0 Å². The van der Waals surface area contributed by atoms with Crippen LogP contribution < -0.4 is 5.32 Å². The molecule has 18 heavy (non-hydrogen) atoms. The Morgan fingerprint density at radius 1 is 1.39 bits per heavy atom. The van der Waals surface area contributed by atoms with E-state index in [9.17, 15) is 0 Å². The number of aromatic nitrogens is 2. The van der Waals surface area contributed by atoms with Crippen LogP contribution in [0.15, 0.2) is 12.4 Å². The summed E-state index contributed by atoms with van der Waals surface area (Å²) in [4.78, 5) is 0. The summed E-state index contributed by atoms with van der Waals surface area (Å²) in [5.41, 5.74) is 1.15. The predicted molar refractivity (Wildman–Crippen MR) is 74.5 cm³/mol. The molecule has 0 unspecified atom stereocenters.